The smallest absolute Gasteiger partial charge is 0.126 e. The van der Waals surface area contributed by atoms with Gasteiger partial charge in [0, 0.05) is 24.7 Å². The largest absolute Gasteiger partial charge is 0.389 e. The van der Waals surface area contributed by atoms with Gasteiger partial charge in [0.1, 0.15) is 11.9 Å². The number of aliphatic hydroxyl groups is 3. The molecular formula is C13H17ClFNO3. The van der Waals surface area contributed by atoms with E-state index in [-0.39, 0.29) is 18.9 Å². The molecule has 1 heterocycles. The van der Waals surface area contributed by atoms with Crippen molar-refractivity contribution in [3.8, 4) is 0 Å². The maximum atomic E-state index is 13.5. The van der Waals surface area contributed by atoms with Gasteiger partial charge in [0.15, 0.2) is 0 Å². The van der Waals surface area contributed by atoms with Crippen LogP contribution in [0.2, 0.25) is 5.02 Å². The lowest BCUT2D eigenvalue weighted by molar-refractivity contribution is -0.109. The van der Waals surface area contributed by atoms with Crippen LogP contribution in [-0.2, 0) is 6.42 Å². The van der Waals surface area contributed by atoms with Gasteiger partial charge in [-0.3, -0.25) is 4.90 Å². The Morgan fingerprint density at radius 2 is 1.84 bits per heavy atom. The summed E-state index contributed by atoms with van der Waals surface area (Å²) in [6.45, 7) is 1.01. The van der Waals surface area contributed by atoms with Gasteiger partial charge >= 0.3 is 0 Å². The van der Waals surface area contributed by atoms with E-state index < -0.39 is 18.3 Å². The number of piperidine rings is 1. The first-order valence-corrected chi connectivity index (χ1v) is 6.55. The first-order valence-electron chi connectivity index (χ1n) is 6.18. The number of likely N-dealkylation sites (tertiary alicyclic amines) is 1. The molecule has 0 spiro atoms. The van der Waals surface area contributed by atoms with E-state index in [0.29, 0.717) is 23.6 Å². The molecule has 1 aromatic carbocycles. The summed E-state index contributed by atoms with van der Waals surface area (Å²) < 4.78 is 13.5. The molecule has 4 nitrogen and oxygen atoms in total. The molecule has 0 unspecified atom stereocenters. The lowest BCUT2D eigenvalue weighted by Gasteiger charge is -2.36. The summed E-state index contributed by atoms with van der Waals surface area (Å²) >= 11 is 5.81. The number of hydrogen-bond acceptors (Lipinski definition) is 4. The number of rotatable bonds is 3. The van der Waals surface area contributed by atoms with Crippen LogP contribution in [0.5, 0.6) is 0 Å². The van der Waals surface area contributed by atoms with Gasteiger partial charge in [-0.05, 0) is 30.2 Å². The molecule has 3 N–H and O–H groups in total. The van der Waals surface area contributed by atoms with Gasteiger partial charge in [-0.2, -0.15) is 0 Å². The van der Waals surface area contributed by atoms with E-state index in [1.54, 1.807) is 11.0 Å². The Morgan fingerprint density at radius 3 is 2.47 bits per heavy atom. The van der Waals surface area contributed by atoms with Crippen LogP contribution in [0.15, 0.2) is 18.2 Å². The van der Waals surface area contributed by atoms with Crippen LogP contribution in [0.4, 0.5) is 4.39 Å². The van der Waals surface area contributed by atoms with Crippen molar-refractivity contribution in [1.82, 2.24) is 4.90 Å². The van der Waals surface area contributed by atoms with E-state index in [2.05, 4.69) is 0 Å². The van der Waals surface area contributed by atoms with Gasteiger partial charge in [-0.1, -0.05) is 11.6 Å². The minimum atomic E-state index is -1.11. The normalized spacial score (nSPS) is 28.6. The minimum Gasteiger partial charge on any atom is -0.389 e. The van der Waals surface area contributed by atoms with E-state index in [1.165, 1.54) is 12.1 Å². The molecule has 0 radical (unpaired) electrons. The van der Waals surface area contributed by atoms with Crippen molar-refractivity contribution >= 4 is 11.6 Å². The zero-order chi connectivity index (χ0) is 14.0. The molecule has 1 aromatic rings. The average molecular weight is 290 g/mol. The fourth-order valence-corrected chi connectivity index (χ4v) is 2.47. The summed E-state index contributed by atoms with van der Waals surface area (Å²) in [5.74, 6) is -0.317. The van der Waals surface area contributed by atoms with Gasteiger partial charge in [-0.15, -0.1) is 0 Å². The zero-order valence-electron chi connectivity index (χ0n) is 10.3. The second kappa shape index (κ2) is 6.15. The molecule has 1 aliphatic heterocycles. The molecule has 1 saturated heterocycles. The number of nitrogens with zero attached hydrogens (tertiary/aromatic N) is 1. The highest BCUT2D eigenvalue weighted by molar-refractivity contribution is 6.30. The van der Waals surface area contributed by atoms with E-state index in [1.807, 2.05) is 0 Å². The number of β-amino-alcohol motifs (C(OH)–C–C–N with tert-alkyl or cyclic N) is 2. The van der Waals surface area contributed by atoms with Crippen molar-refractivity contribution in [2.45, 2.75) is 24.7 Å². The molecule has 0 aromatic heterocycles. The van der Waals surface area contributed by atoms with Crippen molar-refractivity contribution < 1.29 is 19.7 Å². The van der Waals surface area contributed by atoms with Crippen molar-refractivity contribution in [2.75, 3.05) is 19.6 Å². The van der Waals surface area contributed by atoms with Crippen LogP contribution in [0.1, 0.15) is 5.56 Å². The Hall–Kier alpha value is -0.720. The lowest BCUT2D eigenvalue weighted by atomic mass is 10.0. The molecule has 2 rings (SSSR count). The Kier molecular flexibility index (Phi) is 4.76. The third kappa shape index (κ3) is 3.64. The van der Waals surface area contributed by atoms with Crippen molar-refractivity contribution in [3.05, 3.63) is 34.6 Å². The van der Waals surface area contributed by atoms with Crippen LogP contribution in [0.25, 0.3) is 0 Å². The maximum absolute atomic E-state index is 13.5. The van der Waals surface area contributed by atoms with Gasteiger partial charge in [0.2, 0.25) is 0 Å². The second-order valence-corrected chi connectivity index (χ2v) is 5.31. The summed E-state index contributed by atoms with van der Waals surface area (Å²) in [5.41, 5.74) is 0.502. The predicted octanol–water partition coefficient (Wildman–Crippen LogP) is 0.420. The predicted molar refractivity (Wildman–Crippen MR) is 69.6 cm³/mol. The number of halogens is 2. The van der Waals surface area contributed by atoms with Crippen LogP contribution in [-0.4, -0.2) is 58.2 Å². The molecule has 1 fully saturated rings. The standard InChI is InChI=1S/C13H17ClFNO3/c14-9-1-2-10(15)8(5-9)3-4-16-6-11(17)13(19)12(18)7-16/h1-2,5,11-13,17-19H,3-4,6-7H2/t11-,12+,13+. The summed E-state index contributed by atoms with van der Waals surface area (Å²) in [7, 11) is 0. The third-order valence-corrected chi connectivity index (χ3v) is 3.62. The Balaban J connectivity index is 1.94. The summed E-state index contributed by atoms with van der Waals surface area (Å²) in [6, 6.07) is 4.38. The summed E-state index contributed by atoms with van der Waals surface area (Å²) in [4.78, 5) is 1.79. The summed E-state index contributed by atoms with van der Waals surface area (Å²) in [6.07, 6.45) is -2.64. The SMILES string of the molecule is O[C@H]1[C@H](O)CN(CCc2cc(Cl)ccc2F)C[C@@H]1O. The third-order valence-electron chi connectivity index (χ3n) is 3.38. The lowest BCUT2D eigenvalue weighted by Crippen LogP contribution is -2.55. The Morgan fingerprint density at radius 1 is 1.21 bits per heavy atom. The molecule has 3 atom stereocenters. The Bertz CT molecular complexity index is 434. The molecule has 0 saturated carbocycles. The topological polar surface area (TPSA) is 63.9 Å². The van der Waals surface area contributed by atoms with E-state index in [4.69, 9.17) is 11.6 Å². The van der Waals surface area contributed by atoms with Gasteiger partial charge in [0.05, 0.1) is 12.2 Å². The summed E-state index contributed by atoms with van der Waals surface area (Å²) in [5, 5.41) is 29.0. The van der Waals surface area contributed by atoms with E-state index in [0.717, 1.165) is 0 Å². The molecule has 0 aliphatic carbocycles. The maximum Gasteiger partial charge on any atom is 0.126 e. The van der Waals surface area contributed by atoms with Crippen molar-refractivity contribution in [1.29, 1.82) is 0 Å². The fraction of sp³-hybridized carbons (Fsp3) is 0.538. The van der Waals surface area contributed by atoms with Crippen molar-refractivity contribution in [2.24, 2.45) is 0 Å². The molecule has 106 valence electrons. The minimum absolute atomic E-state index is 0.264. The molecule has 0 bridgehead atoms. The van der Waals surface area contributed by atoms with Crippen LogP contribution < -0.4 is 0 Å². The van der Waals surface area contributed by atoms with Crippen molar-refractivity contribution in [3.63, 3.8) is 0 Å². The highest BCUT2D eigenvalue weighted by atomic mass is 35.5. The molecular weight excluding hydrogens is 273 g/mol. The van der Waals surface area contributed by atoms with E-state index >= 15 is 0 Å². The second-order valence-electron chi connectivity index (χ2n) is 4.87. The Labute approximate surface area is 116 Å². The molecule has 0 amide bonds. The highest BCUT2D eigenvalue weighted by Gasteiger charge is 2.33. The fourth-order valence-electron chi connectivity index (χ4n) is 2.27. The van der Waals surface area contributed by atoms with Crippen LogP contribution >= 0.6 is 11.6 Å². The monoisotopic (exact) mass is 289 g/mol. The quantitative estimate of drug-likeness (QED) is 0.755. The highest BCUT2D eigenvalue weighted by Crippen LogP contribution is 2.17. The number of hydrogen-bond donors (Lipinski definition) is 3. The zero-order valence-corrected chi connectivity index (χ0v) is 11.1. The molecule has 6 heteroatoms. The van der Waals surface area contributed by atoms with E-state index in [9.17, 15) is 19.7 Å². The molecule has 19 heavy (non-hydrogen) atoms. The first kappa shape index (κ1) is 14.7. The van der Waals surface area contributed by atoms with Crippen LogP contribution in [0.3, 0.4) is 0 Å². The number of benzene rings is 1. The first-order chi connectivity index (χ1) is 8.97. The average Bonchev–Trinajstić information content (AvgIpc) is 2.37. The molecule has 1 aliphatic rings. The van der Waals surface area contributed by atoms with Gasteiger partial charge in [-0.25, -0.2) is 4.39 Å². The number of aliphatic hydroxyl groups excluding tert-OH is 3. The van der Waals surface area contributed by atoms with Gasteiger partial charge < -0.3 is 15.3 Å². The van der Waals surface area contributed by atoms with Gasteiger partial charge in [0.25, 0.3) is 0 Å². The van der Waals surface area contributed by atoms with Crippen LogP contribution in [0, 0.1) is 5.82 Å².